The van der Waals surface area contributed by atoms with Crippen molar-refractivity contribution in [2.75, 3.05) is 0 Å². The van der Waals surface area contributed by atoms with E-state index in [1.54, 1.807) is 6.07 Å². The van der Waals surface area contributed by atoms with Gasteiger partial charge in [0, 0.05) is 13.1 Å². The Balaban J connectivity index is 2.94. The van der Waals surface area contributed by atoms with Crippen LogP contribution in [0.15, 0.2) is 6.07 Å². The Morgan fingerprint density at radius 2 is 2.00 bits per heavy atom. The molecule has 0 amide bonds. The largest absolute Gasteiger partial charge is 0.331 e. The fourth-order valence-corrected chi connectivity index (χ4v) is 1.70. The van der Waals surface area contributed by atoms with Crippen molar-refractivity contribution in [2.24, 2.45) is 7.05 Å². The lowest BCUT2D eigenvalue weighted by atomic mass is 10.4. The highest BCUT2D eigenvalue weighted by Gasteiger charge is 2.09. The zero-order valence-electron chi connectivity index (χ0n) is 7.17. The molecule has 0 saturated carbocycles. The van der Waals surface area contributed by atoms with Crippen LogP contribution < -0.4 is 0 Å². The van der Waals surface area contributed by atoms with E-state index in [1.165, 1.54) is 0 Å². The van der Waals surface area contributed by atoms with Gasteiger partial charge in [-0.05, 0) is 6.92 Å². The summed E-state index contributed by atoms with van der Waals surface area (Å²) in [5, 5.41) is 0.742. The topological polar surface area (TPSA) is 30.7 Å². The minimum absolute atomic E-state index is 0.353. The van der Waals surface area contributed by atoms with Crippen LogP contribution in [-0.4, -0.2) is 14.5 Å². The first-order chi connectivity index (χ1) is 6.09. The molecule has 3 nitrogen and oxygen atoms in total. The Hall–Kier alpha value is -0.800. The van der Waals surface area contributed by atoms with Crippen molar-refractivity contribution >= 4 is 34.2 Å². The van der Waals surface area contributed by atoms with Gasteiger partial charge in [0.25, 0.3) is 0 Å². The Morgan fingerprint density at radius 1 is 1.31 bits per heavy atom. The van der Waals surface area contributed by atoms with Crippen LogP contribution in [0.2, 0.25) is 10.3 Å². The normalized spacial score (nSPS) is 11.1. The quantitative estimate of drug-likeness (QED) is 0.633. The molecule has 0 aliphatic heterocycles. The molecule has 0 spiro atoms. The van der Waals surface area contributed by atoms with Crippen molar-refractivity contribution in [3.05, 3.63) is 22.2 Å². The van der Waals surface area contributed by atoms with Gasteiger partial charge in [0.05, 0.1) is 5.52 Å². The summed E-state index contributed by atoms with van der Waals surface area (Å²) in [5.41, 5.74) is 1.61. The lowest BCUT2D eigenvalue weighted by molar-refractivity contribution is 0.886. The Kier molecular flexibility index (Phi) is 1.93. The number of aryl methyl sites for hydroxylation is 2. The highest BCUT2D eigenvalue weighted by Crippen LogP contribution is 2.24. The molecular formula is C8H7Cl2N3. The summed E-state index contributed by atoms with van der Waals surface area (Å²) in [7, 11) is 1.91. The van der Waals surface area contributed by atoms with E-state index in [0.717, 1.165) is 11.3 Å². The maximum absolute atomic E-state index is 5.88. The van der Waals surface area contributed by atoms with Crippen molar-refractivity contribution in [1.82, 2.24) is 14.5 Å². The van der Waals surface area contributed by atoms with E-state index in [9.17, 15) is 0 Å². The van der Waals surface area contributed by atoms with Gasteiger partial charge in [-0.1, -0.05) is 23.2 Å². The van der Waals surface area contributed by atoms with Gasteiger partial charge < -0.3 is 4.57 Å². The molecule has 2 aromatic heterocycles. The second-order valence-corrected chi connectivity index (χ2v) is 3.57. The van der Waals surface area contributed by atoms with Gasteiger partial charge in [0.1, 0.15) is 16.5 Å². The molecule has 5 heteroatoms. The van der Waals surface area contributed by atoms with Gasteiger partial charge >= 0.3 is 0 Å². The molecule has 68 valence electrons. The van der Waals surface area contributed by atoms with Gasteiger partial charge in [-0.15, -0.1) is 0 Å². The van der Waals surface area contributed by atoms with Crippen LogP contribution in [0, 0.1) is 6.92 Å². The van der Waals surface area contributed by atoms with E-state index in [0.29, 0.717) is 15.8 Å². The molecule has 13 heavy (non-hydrogen) atoms. The molecular weight excluding hydrogens is 209 g/mol. The minimum atomic E-state index is 0.353. The van der Waals surface area contributed by atoms with Crippen molar-refractivity contribution in [3.63, 3.8) is 0 Å². The predicted octanol–water partition coefficient (Wildman–Crippen LogP) is 2.58. The van der Waals surface area contributed by atoms with Gasteiger partial charge in [-0.2, -0.15) is 0 Å². The number of halogens is 2. The van der Waals surface area contributed by atoms with Gasteiger partial charge in [-0.25, -0.2) is 9.97 Å². The average molecular weight is 216 g/mol. The van der Waals surface area contributed by atoms with E-state index in [4.69, 9.17) is 23.2 Å². The number of hydrogen-bond acceptors (Lipinski definition) is 2. The van der Waals surface area contributed by atoms with Crippen LogP contribution in [0.4, 0.5) is 0 Å². The van der Waals surface area contributed by atoms with E-state index in [2.05, 4.69) is 9.97 Å². The highest BCUT2D eigenvalue weighted by molar-refractivity contribution is 6.36. The van der Waals surface area contributed by atoms with Crippen LogP contribution in [0.5, 0.6) is 0 Å². The molecule has 0 radical (unpaired) electrons. The van der Waals surface area contributed by atoms with Crippen LogP contribution in [-0.2, 0) is 7.05 Å². The number of imidazole rings is 1. The van der Waals surface area contributed by atoms with E-state index >= 15 is 0 Å². The van der Waals surface area contributed by atoms with Gasteiger partial charge in [-0.3, -0.25) is 0 Å². The number of nitrogens with zero attached hydrogens (tertiary/aromatic N) is 3. The van der Waals surface area contributed by atoms with E-state index in [1.807, 2.05) is 18.5 Å². The highest BCUT2D eigenvalue weighted by atomic mass is 35.5. The Labute approximate surface area is 85.3 Å². The van der Waals surface area contributed by atoms with Crippen LogP contribution in [0.3, 0.4) is 0 Å². The summed E-state index contributed by atoms with van der Waals surface area (Å²) in [4.78, 5) is 8.17. The third-order valence-electron chi connectivity index (χ3n) is 2.02. The molecule has 0 saturated heterocycles. The van der Waals surface area contributed by atoms with Gasteiger partial charge in [0.2, 0.25) is 0 Å². The molecule has 0 fully saturated rings. The monoisotopic (exact) mass is 215 g/mol. The molecule has 2 aromatic rings. The molecule has 0 atom stereocenters. The first kappa shape index (κ1) is 8.78. The van der Waals surface area contributed by atoms with Crippen LogP contribution >= 0.6 is 23.2 Å². The third kappa shape index (κ3) is 1.28. The summed E-state index contributed by atoms with van der Waals surface area (Å²) < 4.78 is 1.93. The van der Waals surface area contributed by atoms with E-state index in [-0.39, 0.29) is 0 Å². The SMILES string of the molecule is Cc1nc2c(Cl)nc(Cl)cc2n1C. The minimum Gasteiger partial charge on any atom is -0.331 e. The molecule has 0 bridgehead atoms. The fraction of sp³-hybridized carbons (Fsp3) is 0.250. The molecule has 0 aliphatic rings. The van der Waals surface area contributed by atoms with Crippen LogP contribution in [0.25, 0.3) is 11.0 Å². The predicted molar refractivity (Wildman–Crippen MR) is 53.3 cm³/mol. The van der Waals surface area contributed by atoms with Gasteiger partial charge in [0.15, 0.2) is 5.15 Å². The fourth-order valence-electron chi connectivity index (χ4n) is 1.24. The number of rotatable bonds is 0. The van der Waals surface area contributed by atoms with E-state index < -0.39 is 0 Å². The molecule has 2 heterocycles. The maximum atomic E-state index is 5.88. The summed E-state index contributed by atoms with van der Waals surface area (Å²) >= 11 is 11.6. The van der Waals surface area contributed by atoms with Crippen LogP contribution in [0.1, 0.15) is 5.82 Å². The average Bonchev–Trinajstić information content (AvgIpc) is 2.32. The zero-order chi connectivity index (χ0) is 9.59. The molecule has 0 unspecified atom stereocenters. The molecule has 0 aromatic carbocycles. The number of aromatic nitrogens is 3. The van der Waals surface area contributed by atoms with Crippen molar-refractivity contribution < 1.29 is 0 Å². The van der Waals surface area contributed by atoms with Crippen molar-refractivity contribution in [1.29, 1.82) is 0 Å². The van der Waals surface area contributed by atoms with Crippen molar-refractivity contribution in [2.45, 2.75) is 6.92 Å². The third-order valence-corrected chi connectivity index (χ3v) is 2.48. The first-order valence-electron chi connectivity index (χ1n) is 3.74. The molecule has 2 rings (SSSR count). The second kappa shape index (κ2) is 2.86. The number of fused-ring (bicyclic) bond motifs is 1. The lowest BCUT2D eigenvalue weighted by Gasteiger charge is -1.97. The number of pyridine rings is 1. The Bertz CT molecular complexity index is 476. The first-order valence-corrected chi connectivity index (χ1v) is 4.50. The Morgan fingerprint density at radius 3 is 2.69 bits per heavy atom. The summed E-state index contributed by atoms with van der Waals surface area (Å²) in [6.45, 7) is 1.91. The summed E-state index contributed by atoms with van der Waals surface area (Å²) in [6, 6.07) is 1.75. The second-order valence-electron chi connectivity index (χ2n) is 2.82. The standard InChI is InChI=1S/C8H7Cl2N3/c1-4-11-7-5(13(4)2)3-6(9)12-8(7)10/h3H,1-2H3. The summed E-state index contributed by atoms with van der Waals surface area (Å²) in [6.07, 6.45) is 0. The number of hydrogen-bond donors (Lipinski definition) is 0. The summed E-state index contributed by atoms with van der Waals surface area (Å²) in [5.74, 6) is 0.890. The molecule has 0 N–H and O–H groups in total. The molecule has 0 aliphatic carbocycles. The zero-order valence-corrected chi connectivity index (χ0v) is 8.69. The lowest BCUT2D eigenvalue weighted by Crippen LogP contribution is -1.90. The van der Waals surface area contributed by atoms with Crippen molar-refractivity contribution in [3.8, 4) is 0 Å². The maximum Gasteiger partial charge on any atom is 0.158 e. The smallest absolute Gasteiger partial charge is 0.158 e.